The molecule has 0 spiro atoms. The molecule has 0 saturated carbocycles. The fraction of sp³-hybridized carbons (Fsp3) is 0.409. The normalized spacial score (nSPS) is 15.0. The van der Waals surface area contributed by atoms with Gasteiger partial charge < -0.3 is 9.64 Å². The van der Waals surface area contributed by atoms with Crippen LogP contribution < -0.4 is 4.74 Å². The van der Waals surface area contributed by atoms with E-state index in [0.29, 0.717) is 22.6 Å². The molecule has 1 saturated heterocycles. The number of carbonyl (C=O) groups excluding carboxylic acids is 1. The Morgan fingerprint density at radius 2 is 1.74 bits per heavy atom. The lowest BCUT2D eigenvalue weighted by Gasteiger charge is -2.31. The Balaban J connectivity index is 0.000000223. The Morgan fingerprint density at radius 3 is 2.30 bits per heavy atom. The smallest absolute Gasteiger partial charge is 0.134 e. The molecule has 0 aromatic heterocycles. The number of hydrogen-bond donors (Lipinski definition) is 0. The third-order valence-electron chi connectivity index (χ3n) is 4.47. The number of nitrogens with zero attached hydrogens (tertiary/aromatic N) is 1. The molecule has 1 aliphatic rings. The quantitative estimate of drug-likeness (QED) is 0.638. The average molecular weight is 408 g/mol. The third kappa shape index (κ3) is 7.92. The van der Waals surface area contributed by atoms with Crippen LogP contribution in [-0.2, 0) is 11.2 Å². The summed E-state index contributed by atoms with van der Waals surface area (Å²) in [7, 11) is 0. The predicted molar refractivity (Wildman–Crippen MR) is 113 cm³/mol. The summed E-state index contributed by atoms with van der Waals surface area (Å²) >= 11 is 11.8. The number of ketones is 1. The van der Waals surface area contributed by atoms with E-state index in [-0.39, 0.29) is 5.78 Å². The van der Waals surface area contributed by atoms with Crippen LogP contribution in [0.5, 0.6) is 5.75 Å². The molecule has 146 valence electrons. The minimum absolute atomic E-state index is 0.214. The van der Waals surface area contributed by atoms with Gasteiger partial charge in [0.05, 0.1) is 10.0 Å². The van der Waals surface area contributed by atoms with Crippen molar-refractivity contribution in [2.45, 2.75) is 39.2 Å². The maximum absolute atomic E-state index is 10.6. The highest BCUT2D eigenvalue weighted by molar-refractivity contribution is 6.42. The molecule has 3 rings (SSSR count). The highest BCUT2D eigenvalue weighted by Crippen LogP contribution is 2.28. The van der Waals surface area contributed by atoms with Gasteiger partial charge in [0.25, 0.3) is 0 Å². The second-order valence-electron chi connectivity index (χ2n) is 6.69. The van der Waals surface area contributed by atoms with Gasteiger partial charge in [0.2, 0.25) is 0 Å². The maximum atomic E-state index is 10.6. The summed E-state index contributed by atoms with van der Waals surface area (Å²) < 4.78 is 5.91. The van der Waals surface area contributed by atoms with Gasteiger partial charge in [0.1, 0.15) is 17.6 Å². The second-order valence-corrected chi connectivity index (χ2v) is 7.51. The van der Waals surface area contributed by atoms with Crippen LogP contribution in [0.15, 0.2) is 48.5 Å². The first kappa shape index (κ1) is 21.7. The molecule has 1 heterocycles. The van der Waals surface area contributed by atoms with Crippen molar-refractivity contribution in [1.29, 1.82) is 0 Å². The van der Waals surface area contributed by atoms with Crippen LogP contribution >= 0.6 is 23.2 Å². The fourth-order valence-corrected chi connectivity index (χ4v) is 3.26. The van der Waals surface area contributed by atoms with Crippen molar-refractivity contribution in [1.82, 2.24) is 4.90 Å². The number of benzene rings is 2. The number of hydrogen-bond acceptors (Lipinski definition) is 3. The highest BCUT2D eigenvalue weighted by atomic mass is 35.5. The van der Waals surface area contributed by atoms with Gasteiger partial charge in [-0.15, -0.1) is 0 Å². The van der Waals surface area contributed by atoms with Crippen molar-refractivity contribution in [3.63, 3.8) is 0 Å². The minimum Gasteiger partial charge on any atom is -0.490 e. The van der Waals surface area contributed by atoms with Gasteiger partial charge in [-0.25, -0.2) is 0 Å². The summed E-state index contributed by atoms with van der Waals surface area (Å²) in [6.45, 7) is 7.15. The molecule has 0 bridgehead atoms. The lowest BCUT2D eigenvalue weighted by atomic mass is 10.1. The SMILES string of the molecule is CC(=O)Cc1ccccc1.CCN1CCC(Oc2ccc(Cl)c(Cl)c2)CC1. The van der Waals surface area contributed by atoms with E-state index < -0.39 is 0 Å². The summed E-state index contributed by atoms with van der Waals surface area (Å²) in [5.74, 6) is 1.03. The molecule has 5 heteroatoms. The lowest BCUT2D eigenvalue weighted by Crippen LogP contribution is -2.37. The predicted octanol–water partition coefficient (Wildman–Crippen LogP) is 5.67. The molecule has 0 atom stereocenters. The van der Waals surface area contributed by atoms with Crippen LogP contribution in [0, 0.1) is 0 Å². The van der Waals surface area contributed by atoms with Gasteiger partial charge in [0.15, 0.2) is 0 Å². The molecule has 0 amide bonds. The van der Waals surface area contributed by atoms with Crippen molar-refractivity contribution in [2.24, 2.45) is 0 Å². The van der Waals surface area contributed by atoms with E-state index in [4.69, 9.17) is 27.9 Å². The molecule has 1 fully saturated rings. The van der Waals surface area contributed by atoms with E-state index in [1.807, 2.05) is 36.4 Å². The van der Waals surface area contributed by atoms with Gasteiger partial charge in [-0.2, -0.15) is 0 Å². The number of piperidine rings is 1. The highest BCUT2D eigenvalue weighted by Gasteiger charge is 2.19. The van der Waals surface area contributed by atoms with Crippen molar-refractivity contribution in [3.05, 3.63) is 64.1 Å². The molecule has 2 aromatic rings. The molecule has 1 aliphatic heterocycles. The molecule has 0 N–H and O–H groups in total. The van der Waals surface area contributed by atoms with Gasteiger partial charge in [-0.05, 0) is 44.0 Å². The Bertz CT molecular complexity index is 714. The summed E-state index contributed by atoms with van der Waals surface area (Å²) in [5.41, 5.74) is 1.09. The van der Waals surface area contributed by atoms with E-state index in [0.717, 1.165) is 43.8 Å². The van der Waals surface area contributed by atoms with Gasteiger partial charge in [-0.1, -0.05) is 60.5 Å². The van der Waals surface area contributed by atoms with Gasteiger partial charge in [0, 0.05) is 25.6 Å². The van der Waals surface area contributed by atoms with Crippen molar-refractivity contribution < 1.29 is 9.53 Å². The first-order chi connectivity index (χ1) is 13.0. The van der Waals surface area contributed by atoms with Crippen molar-refractivity contribution >= 4 is 29.0 Å². The van der Waals surface area contributed by atoms with Gasteiger partial charge in [-0.3, -0.25) is 4.79 Å². The van der Waals surface area contributed by atoms with E-state index in [2.05, 4.69) is 11.8 Å². The first-order valence-electron chi connectivity index (χ1n) is 9.35. The molecule has 2 aromatic carbocycles. The van der Waals surface area contributed by atoms with E-state index >= 15 is 0 Å². The summed E-state index contributed by atoms with van der Waals surface area (Å²) in [6, 6.07) is 15.2. The number of ether oxygens (including phenoxy) is 1. The largest absolute Gasteiger partial charge is 0.490 e. The van der Waals surface area contributed by atoms with Gasteiger partial charge >= 0.3 is 0 Å². The van der Waals surface area contributed by atoms with Crippen molar-refractivity contribution in [2.75, 3.05) is 19.6 Å². The number of Topliss-reactive ketones (excluding diaryl/α,β-unsaturated/α-hetero) is 1. The molecular formula is C22H27Cl2NO2. The van der Waals surface area contributed by atoms with E-state index in [9.17, 15) is 4.79 Å². The number of carbonyl (C=O) groups is 1. The average Bonchev–Trinajstić information content (AvgIpc) is 2.66. The monoisotopic (exact) mass is 407 g/mol. The molecular weight excluding hydrogens is 381 g/mol. The standard InChI is InChI=1S/C13H17Cl2NO.C9H10O/c1-2-16-7-5-10(6-8-16)17-11-3-4-12(14)13(15)9-11;1-8(10)7-9-5-3-2-4-6-9/h3-4,9-10H,2,5-8H2,1H3;2-6H,7H2,1H3. The molecule has 3 nitrogen and oxygen atoms in total. The summed E-state index contributed by atoms with van der Waals surface area (Å²) in [4.78, 5) is 13.1. The van der Waals surface area contributed by atoms with Crippen LogP contribution in [-0.4, -0.2) is 36.4 Å². The zero-order chi connectivity index (χ0) is 19.6. The fourth-order valence-electron chi connectivity index (χ4n) is 2.97. The molecule has 27 heavy (non-hydrogen) atoms. The maximum Gasteiger partial charge on any atom is 0.134 e. The molecule has 0 radical (unpaired) electrons. The van der Waals surface area contributed by atoms with Crippen LogP contribution in [0.25, 0.3) is 0 Å². The third-order valence-corrected chi connectivity index (χ3v) is 5.21. The van der Waals surface area contributed by atoms with Crippen LogP contribution in [0.4, 0.5) is 0 Å². The minimum atomic E-state index is 0.214. The zero-order valence-electron chi connectivity index (χ0n) is 16.0. The number of rotatable bonds is 5. The van der Waals surface area contributed by atoms with Crippen LogP contribution in [0.1, 0.15) is 32.3 Å². The van der Waals surface area contributed by atoms with Crippen molar-refractivity contribution in [3.8, 4) is 5.75 Å². The molecule has 0 aliphatic carbocycles. The summed E-state index contributed by atoms with van der Waals surface area (Å²) in [6.07, 6.45) is 3.01. The van der Waals surface area contributed by atoms with Crippen LogP contribution in [0.2, 0.25) is 10.0 Å². The van der Waals surface area contributed by atoms with E-state index in [1.165, 1.54) is 0 Å². The van der Waals surface area contributed by atoms with E-state index in [1.54, 1.807) is 19.1 Å². The first-order valence-corrected chi connectivity index (χ1v) is 10.1. The molecule has 0 unspecified atom stereocenters. The van der Waals surface area contributed by atoms with Crippen LogP contribution in [0.3, 0.4) is 0 Å². The Labute approximate surface area is 172 Å². The topological polar surface area (TPSA) is 29.5 Å². The Hall–Kier alpha value is -1.55. The Morgan fingerprint density at radius 1 is 1.07 bits per heavy atom. The second kappa shape index (κ2) is 11.3. The Kier molecular flexibility index (Phi) is 9.12. The lowest BCUT2D eigenvalue weighted by molar-refractivity contribution is -0.116. The number of likely N-dealkylation sites (tertiary alicyclic amines) is 1. The number of halogens is 2. The zero-order valence-corrected chi connectivity index (χ0v) is 17.5. The summed E-state index contributed by atoms with van der Waals surface area (Å²) in [5, 5.41) is 1.12.